The van der Waals surface area contributed by atoms with Crippen molar-refractivity contribution < 1.29 is 9.18 Å². The van der Waals surface area contributed by atoms with E-state index in [0.717, 1.165) is 5.03 Å². The summed E-state index contributed by atoms with van der Waals surface area (Å²) in [7, 11) is 0. The summed E-state index contributed by atoms with van der Waals surface area (Å²) in [6.45, 7) is 0. The van der Waals surface area contributed by atoms with Gasteiger partial charge >= 0.3 is 0 Å². The number of anilines is 2. The van der Waals surface area contributed by atoms with Crippen LogP contribution in [0.3, 0.4) is 0 Å². The van der Waals surface area contributed by atoms with Gasteiger partial charge in [-0.05, 0) is 30.3 Å². The molecule has 0 aliphatic rings. The first-order chi connectivity index (χ1) is 10.0. The topological polar surface area (TPSA) is 68.0 Å². The maximum atomic E-state index is 12.9. The molecule has 2 aromatic rings. The van der Waals surface area contributed by atoms with Crippen molar-refractivity contribution in [3.8, 4) is 0 Å². The molecular formula is C14H13ClFN3OS. The van der Waals surface area contributed by atoms with Crippen LogP contribution in [-0.4, -0.2) is 16.6 Å². The van der Waals surface area contributed by atoms with E-state index in [9.17, 15) is 9.18 Å². The Bertz CT molecular complexity index is 637. The van der Waals surface area contributed by atoms with Crippen LogP contribution in [0, 0.1) is 5.82 Å². The molecule has 0 unspecified atom stereocenters. The molecule has 3 N–H and O–H groups in total. The normalized spacial score (nSPS) is 10.4. The Morgan fingerprint density at radius 3 is 2.86 bits per heavy atom. The highest BCUT2D eigenvalue weighted by Gasteiger charge is 2.06. The molecule has 1 aromatic carbocycles. The van der Waals surface area contributed by atoms with Gasteiger partial charge in [0.1, 0.15) is 5.82 Å². The fraction of sp³-hybridized carbons (Fsp3) is 0.143. The number of hydrogen-bond acceptors (Lipinski definition) is 4. The Balaban J connectivity index is 1.81. The maximum Gasteiger partial charge on any atom is 0.225 e. The summed E-state index contributed by atoms with van der Waals surface area (Å²) in [5.74, 6) is -0.0497. The lowest BCUT2D eigenvalue weighted by atomic mass is 10.2. The summed E-state index contributed by atoms with van der Waals surface area (Å²) >= 11 is 7.19. The maximum absolute atomic E-state index is 12.9. The molecule has 0 aliphatic heterocycles. The monoisotopic (exact) mass is 325 g/mol. The van der Waals surface area contributed by atoms with Crippen molar-refractivity contribution in [3.63, 3.8) is 0 Å². The Kier molecular flexibility index (Phi) is 5.41. The van der Waals surface area contributed by atoms with Crippen molar-refractivity contribution >= 4 is 40.6 Å². The SMILES string of the molecule is Nc1cc(F)ccc1NC(=O)CCSc1ccc(Cl)cn1. The molecule has 0 spiro atoms. The lowest BCUT2D eigenvalue weighted by Crippen LogP contribution is -2.13. The number of halogens is 2. The van der Waals surface area contributed by atoms with Crippen molar-refractivity contribution in [1.29, 1.82) is 0 Å². The van der Waals surface area contributed by atoms with E-state index in [4.69, 9.17) is 17.3 Å². The summed E-state index contributed by atoms with van der Waals surface area (Å²) in [4.78, 5) is 15.9. The molecule has 0 fully saturated rings. The fourth-order valence-corrected chi connectivity index (χ4v) is 2.46. The highest BCUT2D eigenvalue weighted by Crippen LogP contribution is 2.21. The van der Waals surface area contributed by atoms with E-state index in [1.807, 2.05) is 0 Å². The fourth-order valence-electron chi connectivity index (χ4n) is 1.56. The lowest BCUT2D eigenvalue weighted by Gasteiger charge is -2.08. The molecule has 0 atom stereocenters. The zero-order valence-electron chi connectivity index (χ0n) is 11.0. The Labute approximate surface area is 130 Å². The van der Waals surface area contributed by atoms with Gasteiger partial charge in [-0.2, -0.15) is 0 Å². The first kappa shape index (κ1) is 15.6. The van der Waals surface area contributed by atoms with E-state index in [1.165, 1.54) is 30.0 Å². The molecular weight excluding hydrogens is 313 g/mol. The number of aromatic nitrogens is 1. The number of nitrogens with two attached hydrogens (primary N) is 1. The van der Waals surface area contributed by atoms with E-state index < -0.39 is 5.82 Å². The van der Waals surface area contributed by atoms with Crippen LogP contribution in [0.15, 0.2) is 41.6 Å². The quantitative estimate of drug-likeness (QED) is 0.651. The molecule has 1 aromatic heterocycles. The average Bonchev–Trinajstić information content (AvgIpc) is 2.44. The van der Waals surface area contributed by atoms with Gasteiger partial charge in [0.15, 0.2) is 0 Å². The van der Waals surface area contributed by atoms with E-state index in [2.05, 4.69) is 10.3 Å². The van der Waals surface area contributed by atoms with Gasteiger partial charge in [0.05, 0.1) is 21.4 Å². The molecule has 0 bridgehead atoms. The number of nitrogen functional groups attached to an aromatic ring is 1. The second-order valence-corrected chi connectivity index (χ2v) is 5.74. The summed E-state index contributed by atoms with van der Waals surface area (Å²) in [5, 5.41) is 4.02. The van der Waals surface area contributed by atoms with Crippen molar-refractivity contribution in [2.75, 3.05) is 16.8 Å². The van der Waals surface area contributed by atoms with Crippen LogP contribution in [-0.2, 0) is 4.79 Å². The minimum Gasteiger partial charge on any atom is -0.397 e. The number of nitrogens with one attached hydrogen (secondary N) is 1. The minimum absolute atomic E-state index is 0.185. The van der Waals surface area contributed by atoms with Gasteiger partial charge in [-0.25, -0.2) is 9.37 Å². The predicted molar refractivity (Wildman–Crippen MR) is 84.0 cm³/mol. The van der Waals surface area contributed by atoms with E-state index >= 15 is 0 Å². The number of nitrogens with zero attached hydrogens (tertiary/aromatic N) is 1. The number of hydrogen-bond donors (Lipinski definition) is 2. The molecule has 1 amide bonds. The highest BCUT2D eigenvalue weighted by molar-refractivity contribution is 7.99. The van der Waals surface area contributed by atoms with Crippen LogP contribution in [0.2, 0.25) is 5.02 Å². The van der Waals surface area contributed by atoms with E-state index in [0.29, 0.717) is 22.9 Å². The predicted octanol–water partition coefficient (Wildman–Crippen LogP) is 3.58. The zero-order chi connectivity index (χ0) is 15.2. The van der Waals surface area contributed by atoms with Gasteiger partial charge in [-0.3, -0.25) is 4.79 Å². The van der Waals surface area contributed by atoms with Crippen LogP contribution in [0.25, 0.3) is 0 Å². The van der Waals surface area contributed by atoms with E-state index in [1.54, 1.807) is 18.3 Å². The van der Waals surface area contributed by atoms with Gasteiger partial charge in [-0.15, -0.1) is 11.8 Å². The third-order valence-electron chi connectivity index (χ3n) is 2.57. The Hall–Kier alpha value is -1.79. The molecule has 7 heteroatoms. The van der Waals surface area contributed by atoms with Gasteiger partial charge in [0.25, 0.3) is 0 Å². The van der Waals surface area contributed by atoms with Crippen LogP contribution in [0.5, 0.6) is 0 Å². The number of carbonyl (C=O) groups is 1. The Morgan fingerprint density at radius 1 is 1.38 bits per heavy atom. The molecule has 0 aliphatic carbocycles. The molecule has 0 saturated carbocycles. The molecule has 1 heterocycles. The summed E-state index contributed by atoms with van der Waals surface area (Å²) in [6.07, 6.45) is 1.86. The van der Waals surface area contributed by atoms with Crippen LogP contribution >= 0.6 is 23.4 Å². The molecule has 4 nitrogen and oxygen atoms in total. The number of thioether (sulfide) groups is 1. The third-order valence-corrected chi connectivity index (χ3v) is 3.74. The van der Waals surface area contributed by atoms with Crippen LogP contribution in [0.1, 0.15) is 6.42 Å². The van der Waals surface area contributed by atoms with Crippen molar-refractivity contribution in [2.45, 2.75) is 11.4 Å². The van der Waals surface area contributed by atoms with Gasteiger partial charge in [0.2, 0.25) is 5.91 Å². The molecule has 2 rings (SSSR count). The molecule has 0 saturated heterocycles. The smallest absolute Gasteiger partial charge is 0.225 e. The van der Waals surface area contributed by atoms with E-state index in [-0.39, 0.29) is 11.6 Å². The highest BCUT2D eigenvalue weighted by atomic mass is 35.5. The number of pyridine rings is 1. The lowest BCUT2D eigenvalue weighted by molar-refractivity contribution is -0.115. The van der Waals surface area contributed by atoms with Crippen molar-refractivity contribution in [3.05, 3.63) is 47.4 Å². The standard InChI is InChI=1S/C14H13ClFN3OS/c15-9-1-4-14(18-8-9)21-6-5-13(20)19-12-3-2-10(16)7-11(12)17/h1-4,7-8H,5-6,17H2,(H,19,20). The van der Waals surface area contributed by atoms with Crippen LogP contribution < -0.4 is 11.1 Å². The minimum atomic E-state index is -0.435. The van der Waals surface area contributed by atoms with Crippen LogP contribution in [0.4, 0.5) is 15.8 Å². The second kappa shape index (κ2) is 7.28. The number of rotatable bonds is 5. The Morgan fingerprint density at radius 2 is 2.19 bits per heavy atom. The number of benzene rings is 1. The van der Waals surface area contributed by atoms with Gasteiger partial charge in [-0.1, -0.05) is 11.6 Å². The van der Waals surface area contributed by atoms with Gasteiger partial charge in [0, 0.05) is 18.4 Å². The van der Waals surface area contributed by atoms with Gasteiger partial charge < -0.3 is 11.1 Å². The largest absolute Gasteiger partial charge is 0.397 e. The number of amides is 1. The molecule has 110 valence electrons. The first-order valence-electron chi connectivity index (χ1n) is 6.14. The summed E-state index contributed by atoms with van der Waals surface area (Å²) < 4.78 is 12.9. The molecule has 0 radical (unpaired) electrons. The average molecular weight is 326 g/mol. The number of carbonyl (C=O) groups excluding carboxylic acids is 1. The summed E-state index contributed by atoms with van der Waals surface area (Å²) in [5.41, 5.74) is 6.24. The third kappa shape index (κ3) is 4.91. The first-order valence-corrected chi connectivity index (χ1v) is 7.50. The van der Waals surface area contributed by atoms with Crippen molar-refractivity contribution in [1.82, 2.24) is 4.98 Å². The molecule has 21 heavy (non-hydrogen) atoms. The summed E-state index contributed by atoms with van der Waals surface area (Å²) in [6, 6.07) is 7.40. The zero-order valence-corrected chi connectivity index (χ0v) is 12.5. The van der Waals surface area contributed by atoms with Crippen molar-refractivity contribution in [2.24, 2.45) is 0 Å². The second-order valence-electron chi connectivity index (χ2n) is 4.19.